The average Bonchev–Trinajstić information content (AvgIpc) is 3.39. The lowest BCUT2D eigenvalue weighted by Crippen LogP contribution is -2.50. The Hall–Kier alpha value is -3.07. The van der Waals surface area contributed by atoms with E-state index in [1.807, 2.05) is 30.3 Å². The van der Waals surface area contributed by atoms with Crippen LogP contribution in [0.3, 0.4) is 0 Å². The van der Waals surface area contributed by atoms with Crippen LogP contribution in [0.2, 0.25) is 0 Å². The molecule has 202 valence electrons. The van der Waals surface area contributed by atoms with Gasteiger partial charge in [0.2, 0.25) is 21.8 Å². The first-order valence-electron chi connectivity index (χ1n) is 12.9. The Balaban J connectivity index is 1.69. The minimum absolute atomic E-state index is 0.122. The van der Waals surface area contributed by atoms with Crippen LogP contribution in [0.4, 0.5) is 5.69 Å². The number of hydrogen-bond acceptors (Lipinski definition) is 5. The predicted octanol–water partition coefficient (Wildman–Crippen LogP) is 3.76. The Morgan fingerprint density at radius 2 is 1.68 bits per heavy atom. The molecule has 2 amide bonds. The number of benzene rings is 2. The molecule has 8 nitrogen and oxygen atoms in total. The van der Waals surface area contributed by atoms with Gasteiger partial charge in [-0.05, 0) is 50.3 Å². The van der Waals surface area contributed by atoms with E-state index < -0.39 is 16.1 Å². The second kappa shape index (κ2) is 13.5. The fourth-order valence-electron chi connectivity index (χ4n) is 4.78. The molecular formula is C28H39N3O5S. The molecule has 1 aliphatic rings. The number of nitrogens with one attached hydrogen (secondary N) is 1. The molecule has 0 radical (unpaired) electrons. The highest BCUT2D eigenvalue weighted by Gasteiger charge is 2.28. The van der Waals surface area contributed by atoms with E-state index in [1.54, 1.807) is 36.1 Å². The maximum Gasteiger partial charge on any atom is 0.242 e. The van der Waals surface area contributed by atoms with E-state index in [0.29, 0.717) is 30.8 Å². The van der Waals surface area contributed by atoms with Crippen LogP contribution < -0.4 is 14.4 Å². The molecule has 2 aromatic rings. The molecule has 2 aromatic carbocycles. The van der Waals surface area contributed by atoms with Gasteiger partial charge in [0, 0.05) is 25.6 Å². The Morgan fingerprint density at radius 1 is 1.03 bits per heavy atom. The van der Waals surface area contributed by atoms with Crippen LogP contribution in [-0.4, -0.2) is 63.7 Å². The highest BCUT2D eigenvalue weighted by Crippen LogP contribution is 2.29. The van der Waals surface area contributed by atoms with Gasteiger partial charge in [0.05, 0.1) is 19.1 Å². The summed E-state index contributed by atoms with van der Waals surface area (Å²) in [6, 6.07) is 16.3. The number of hydrogen-bond donors (Lipinski definition) is 1. The van der Waals surface area contributed by atoms with Crippen molar-refractivity contribution >= 4 is 27.5 Å². The number of rotatable bonds is 13. The van der Waals surface area contributed by atoms with Crippen molar-refractivity contribution in [1.82, 2.24) is 10.2 Å². The molecule has 3 rings (SSSR count). The Labute approximate surface area is 221 Å². The van der Waals surface area contributed by atoms with Crippen LogP contribution in [0.5, 0.6) is 5.75 Å². The monoisotopic (exact) mass is 529 g/mol. The summed E-state index contributed by atoms with van der Waals surface area (Å²) in [5.74, 6) is 0.138. The van der Waals surface area contributed by atoms with Gasteiger partial charge >= 0.3 is 0 Å². The van der Waals surface area contributed by atoms with Gasteiger partial charge in [0.25, 0.3) is 0 Å². The molecule has 1 fully saturated rings. The van der Waals surface area contributed by atoms with E-state index in [-0.39, 0.29) is 30.8 Å². The predicted molar refractivity (Wildman–Crippen MR) is 146 cm³/mol. The number of anilines is 1. The SMILES string of the molecule is COc1ccccc1N(CCCC(=O)N(CCc1ccccc1)C(C)C(=O)NC1CCCC1)S(C)(=O)=O. The Kier molecular flexibility index (Phi) is 10.4. The van der Waals surface area contributed by atoms with Crippen molar-refractivity contribution in [2.24, 2.45) is 0 Å². The van der Waals surface area contributed by atoms with Crippen molar-refractivity contribution in [1.29, 1.82) is 0 Å². The lowest BCUT2D eigenvalue weighted by Gasteiger charge is -2.30. The first-order chi connectivity index (χ1) is 17.7. The molecule has 0 heterocycles. The van der Waals surface area contributed by atoms with Crippen LogP contribution in [0.25, 0.3) is 0 Å². The maximum absolute atomic E-state index is 13.4. The minimum Gasteiger partial charge on any atom is -0.495 e. The quantitative estimate of drug-likeness (QED) is 0.426. The Morgan fingerprint density at radius 3 is 2.32 bits per heavy atom. The van der Waals surface area contributed by atoms with Crippen LogP contribution >= 0.6 is 0 Å². The van der Waals surface area contributed by atoms with E-state index in [9.17, 15) is 18.0 Å². The normalized spacial score (nSPS) is 14.7. The zero-order chi connectivity index (χ0) is 26.8. The summed E-state index contributed by atoms with van der Waals surface area (Å²) < 4.78 is 31.7. The van der Waals surface area contributed by atoms with Gasteiger partial charge in [-0.2, -0.15) is 0 Å². The summed E-state index contributed by atoms with van der Waals surface area (Å²) in [4.78, 5) is 28.0. The standard InChI is InChI=1S/C28H39N3O5S/c1-22(28(33)29-24-14-7-8-15-24)30(21-19-23-12-5-4-6-13-23)27(32)18-11-20-31(37(3,34)35)25-16-9-10-17-26(25)36-2/h4-6,9-10,12-13,16-17,22,24H,7-8,11,14-15,18-21H2,1-3H3,(H,29,33). The number of nitrogens with zero attached hydrogens (tertiary/aromatic N) is 2. The van der Waals surface area contributed by atoms with Crippen LogP contribution in [-0.2, 0) is 26.0 Å². The molecule has 0 bridgehead atoms. The molecule has 0 aliphatic heterocycles. The number of carbonyl (C=O) groups excluding carboxylic acids is 2. The van der Waals surface area contributed by atoms with Crippen molar-refractivity contribution < 1.29 is 22.7 Å². The fraction of sp³-hybridized carbons (Fsp3) is 0.500. The summed E-state index contributed by atoms with van der Waals surface area (Å²) >= 11 is 0. The topological polar surface area (TPSA) is 96.0 Å². The molecule has 1 atom stereocenters. The van der Waals surface area contributed by atoms with E-state index >= 15 is 0 Å². The summed E-state index contributed by atoms with van der Waals surface area (Å²) in [5, 5.41) is 3.11. The molecule has 9 heteroatoms. The first-order valence-corrected chi connectivity index (χ1v) is 14.8. The van der Waals surface area contributed by atoms with Crippen molar-refractivity contribution in [3.8, 4) is 5.75 Å². The lowest BCUT2D eigenvalue weighted by molar-refractivity contribution is -0.140. The molecule has 0 spiro atoms. The first kappa shape index (κ1) is 28.5. The fourth-order valence-corrected chi connectivity index (χ4v) is 5.75. The summed E-state index contributed by atoms with van der Waals surface area (Å²) in [6.45, 7) is 2.30. The third-order valence-electron chi connectivity index (χ3n) is 6.86. The lowest BCUT2D eigenvalue weighted by atomic mass is 10.1. The smallest absolute Gasteiger partial charge is 0.242 e. The molecule has 1 aliphatic carbocycles. The maximum atomic E-state index is 13.4. The molecule has 1 unspecified atom stereocenters. The number of para-hydroxylation sites is 2. The van der Waals surface area contributed by atoms with Crippen LogP contribution in [0.15, 0.2) is 54.6 Å². The molecule has 37 heavy (non-hydrogen) atoms. The van der Waals surface area contributed by atoms with Gasteiger partial charge in [-0.15, -0.1) is 0 Å². The summed E-state index contributed by atoms with van der Waals surface area (Å²) in [7, 11) is -2.10. The zero-order valence-electron chi connectivity index (χ0n) is 22.1. The van der Waals surface area contributed by atoms with Gasteiger partial charge in [-0.25, -0.2) is 8.42 Å². The number of carbonyl (C=O) groups is 2. The molecular weight excluding hydrogens is 490 g/mol. The summed E-state index contributed by atoms with van der Waals surface area (Å²) in [6.07, 6.45) is 6.37. The van der Waals surface area contributed by atoms with Crippen molar-refractivity contribution in [2.75, 3.05) is 30.8 Å². The van der Waals surface area contributed by atoms with E-state index in [4.69, 9.17) is 4.74 Å². The van der Waals surface area contributed by atoms with Crippen LogP contribution in [0, 0.1) is 0 Å². The third-order valence-corrected chi connectivity index (χ3v) is 8.04. The third kappa shape index (κ3) is 8.21. The minimum atomic E-state index is -3.59. The number of sulfonamides is 1. The summed E-state index contributed by atoms with van der Waals surface area (Å²) in [5.41, 5.74) is 1.52. The van der Waals surface area contributed by atoms with E-state index in [0.717, 1.165) is 37.5 Å². The zero-order valence-corrected chi connectivity index (χ0v) is 22.9. The highest BCUT2D eigenvalue weighted by atomic mass is 32.2. The van der Waals surface area contributed by atoms with Crippen molar-refractivity contribution in [3.63, 3.8) is 0 Å². The highest BCUT2D eigenvalue weighted by molar-refractivity contribution is 7.92. The molecule has 1 N–H and O–H groups in total. The van der Waals surface area contributed by atoms with E-state index in [1.165, 1.54) is 11.4 Å². The largest absolute Gasteiger partial charge is 0.495 e. The second-order valence-corrected chi connectivity index (χ2v) is 11.5. The molecule has 0 saturated heterocycles. The van der Waals surface area contributed by atoms with Crippen molar-refractivity contribution in [2.45, 2.75) is 64.0 Å². The van der Waals surface area contributed by atoms with Gasteiger partial charge in [-0.3, -0.25) is 13.9 Å². The number of amides is 2. The van der Waals surface area contributed by atoms with Crippen molar-refractivity contribution in [3.05, 3.63) is 60.2 Å². The number of methoxy groups -OCH3 is 1. The van der Waals surface area contributed by atoms with Gasteiger partial charge in [0.15, 0.2) is 0 Å². The Bertz CT molecular complexity index is 1130. The average molecular weight is 530 g/mol. The molecule has 0 aromatic heterocycles. The number of ether oxygens (including phenoxy) is 1. The van der Waals surface area contributed by atoms with E-state index in [2.05, 4.69) is 5.32 Å². The van der Waals surface area contributed by atoms with Crippen LogP contribution in [0.1, 0.15) is 51.0 Å². The van der Waals surface area contributed by atoms with Gasteiger partial charge in [-0.1, -0.05) is 55.3 Å². The van der Waals surface area contributed by atoms with Gasteiger partial charge < -0.3 is 15.0 Å². The van der Waals surface area contributed by atoms with Gasteiger partial charge in [0.1, 0.15) is 11.8 Å². The second-order valence-electron chi connectivity index (χ2n) is 9.60. The molecule has 1 saturated carbocycles.